The second-order valence-corrected chi connectivity index (χ2v) is 6.19. The molecule has 0 saturated heterocycles. The highest BCUT2D eigenvalue weighted by Gasteiger charge is 2.27. The molecule has 0 amide bonds. The third kappa shape index (κ3) is 2.78. The van der Waals surface area contributed by atoms with Crippen molar-refractivity contribution in [2.75, 3.05) is 20.3 Å². The molecule has 0 aromatic heterocycles. The zero-order chi connectivity index (χ0) is 13.9. The van der Waals surface area contributed by atoms with Crippen LogP contribution < -0.4 is 14.8 Å². The van der Waals surface area contributed by atoms with Gasteiger partial charge in [0.25, 0.3) is 0 Å². The first-order chi connectivity index (χ1) is 9.78. The van der Waals surface area contributed by atoms with Crippen molar-refractivity contribution in [3.63, 3.8) is 0 Å². The molecule has 2 aliphatic rings. The van der Waals surface area contributed by atoms with E-state index in [1.54, 1.807) is 0 Å². The number of fused-ring (bicyclic) bond motifs is 1. The van der Waals surface area contributed by atoms with E-state index in [1.165, 1.54) is 31.2 Å². The summed E-state index contributed by atoms with van der Waals surface area (Å²) in [5.74, 6) is 3.41. The molecule has 3 nitrogen and oxygen atoms in total. The Morgan fingerprint density at radius 1 is 1.05 bits per heavy atom. The summed E-state index contributed by atoms with van der Waals surface area (Å²) in [6.45, 7) is 3.68. The highest BCUT2D eigenvalue weighted by Crippen LogP contribution is 2.39. The number of hydrogen-bond acceptors (Lipinski definition) is 3. The first-order valence-corrected chi connectivity index (χ1v) is 7.84. The van der Waals surface area contributed by atoms with Gasteiger partial charge in [-0.2, -0.15) is 0 Å². The summed E-state index contributed by atoms with van der Waals surface area (Å²) in [4.78, 5) is 0. The van der Waals surface area contributed by atoms with Crippen molar-refractivity contribution in [3.8, 4) is 11.5 Å². The molecule has 1 aromatic rings. The quantitative estimate of drug-likeness (QED) is 0.915. The van der Waals surface area contributed by atoms with Crippen LogP contribution in [0.4, 0.5) is 0 Å². The summed E-state index contributed by atoms with van der Waals surface area (Å²) >= 11 is 0. The molecule has 3 rings (SSSR count). The fourth-order valence-electron chi connectivity index (χ4n) is 3.55. The standard InChI is InChI=1S/C17H25NO2/c1-12-3-5-13(6-4-12)17(18-2)14-7-8-15-16(11-14)20-10-9-19-15/h7-8,11-13,17-18H,3-6,9-10H2,1-2H3. The first kappa shape index (κ1) is 13.7. The molecular formula is C17H25NO2. The van der Waals surface area contributed by atoms with Gasteiger partial charge in [-0.3, -0.25) is 0 Å². The molecule has 1 aromatic carbocycles. The average Bonchev–Trinajstić information content (AvgIpc) is 2.50. The Balaban J connectivity index is 1.78. The van der Waals surface area contributed by atoms with E-state index in [0.29, 0.717) is 19.3 Å². The minimum Gasteiger partial charge on any atom is -0.486 e. The maximum Gasteiger partial charge on any atom is 0.161 e. The van der Waals surface area contributed by atoms with Crippen molar-refractivity contribution in [1.82, 2.24) is 5.32 Å². The molecule has 0 radical (unpaired) electrons. The lowest BCUT2D eigenvalue weighted by molar-refractivity contribution is 0.170. The Morgan fingerprint density at radius 2 is 1.75 bits per heavy atom. The van der Waals surface area contributed by atoms with Crippen molar-refractivity contribution < 1.29 is 9.47 Å². The maximum atomic E-state index is 5.71. The van der Waals surface area contributed by atoms with E-state index in [-0.39, 0.29) is 0 Å². The van der Waals surface area contributed by atoms with Crippen molar-refractivity contribution >= 4 is 0 Å². The summed E-state index contributed by atoms with van der Waals surface area (Å²) in [6, 6.07) is 6.83. The Bertz CT molecular complexity index is 452. The number of benzene rings is 1. The summed E-state index contributed by atoms with van der Waals surface area (Å²) in [7, 11) is 2.07. The largest absolute Gasteiger partial charge is 0.486 e. The monoisotopic (exact) mass is 275 g/mol. The smallest absolute Gasteiger partial charge is 0.161 e. The normalized spacial score (nSPS) is 27.1. The molecule has 1 aliphatic heterocycles. The summed E-state index contributed by atoms with van der Waals surface area (Å²) in [5, 5.41) is 3.51. The highest BCUT2D eigenvalue weighted by atomic mass is 16.6. The van der Waals surface area contributed by atoms with Crippen LogP contribution in [0, 0.1) is 11.8 Å². The SMILES string of the molecule is CNC(c1ccc2c(c1)OCCO2)C1CCC(C)CC1. The molecule has 110 valence electrons. The summed E-state index contributed by atoms with van der Waals surface area (Å²) < 4.78 is 11.3. The van der Waals surface area contributed by atoms with E-state index < -0.39 is 0 Å². The molecule has 1 fully saturated rings. The predicted octanol–water partition coefficient (Wildman–Crippen LogP) is 3.54. The molecule has 1 saturated carbocycles. The van der Waals surface area contributed by atoms with E-state index in [2.05, 4.69) is 37.5 Å². The van der Waals surface area contributed by atoms with Gasteiger partial charge in [0, 0.05) is 6.04 Å². The van der Waals surface area contributed by atoms with Gasteiger partial charge < -0.3 is 14.8 Å². The Hall–Kier alpha value is -1.22. The summed E-state index contributed by atoms with van der Waals surface area (Å²) in [5.41, 5.74) is 1.33. The molecule has 1 atom stereocenters. The lowest BCUT2D eigenvalue weighted by atomic mass is 9.77. The highest BCUT2D eigenvalue weighted by molar-refractivity contribution is 5.44. The molecule has 1 N–H and O–H groups in total. The number of rotatable bonds is 3. The third-order valence-electron chi connectivity index (χ3n) is 4.77. The minimum absolute atomic E-state index is 0.429. The minimum atomic E-state index is 0.429. The van der Waals surface area contributed by atoms with Crippen LogP contribution in [0.15, 0.2) is 18.2 Å². The zero-order valence-electron chi connectivity index (χ0n) is 12.5. The Labute approximate surface area is 121 Å². The van der Waals surface area contributed by atoms with Crippen molar-refractivity contribution in [2.45, 2.75) is 38.6 Å². The Kier molecular flexibility index (Phi) is 4.16. The van der Waals surface area contributed by atoms with E-state index in [9.17, 15) is 0 Å². The van der Waals surface area contributed by atoms with Crippen LogP contribution in [0.5, 0.6) is 11.5 Å². The zero-order valence-corrected chi connectivity index (χ0v) is 12.5. The fourth-order valence-corrected chi connectivity index (χ4v) is 3.55. The van der Waals surface area contributed by atoms with E-state index in [4.69, 9.17) is 9.47 Å². The van der Waals surface area contributed by atoms with E-state index in [0.717, 1.165) is 23.3 Å². The van der Waals surface area contributed by atoms with Gasteiger partial charge in [-0.15, -0.1) is 0 Å². The first-order valence-electron chi connectivity index (χ1n) is 7.84. The average molecular weight is 275 g/mol. The maximum absolute atomic E-state index is 5.71. The second kappa shape index (κ2) is 6.04. The van der Waals surface area contributed by atoms with Crippen LogP contribution in [0.2, 0.25) is 0 Å². The van der Waals surface area contributed by atoms with E-state index in [1.807, 2.05) is 0 Å². The van der Waals surface area contributed by atoms with Crippen LogP contribution in [0.3, 0.4) is 0 Å². The van der Waals surface area contributed by atoms with Crippen LogP contribution in [0.25, 0.3) is 0 Å². The fraction of sp³-hybridized carbons (Fsp3) is 0.647. The molecule has 0 bridgehead atoms. The van der Waals surface area contributed by atoms with Gasteiger partial charge in [-0.25, -0.2) is 0 Å². The second-order valence-electron chi connectivity index (χ2n) is 6.19. The third-order valence-corrected chi connectivity index (χ3v) is 4.77. The van der Waals surface area contributed by atoms with Crippen LogP contribution >= 0.6 is 0 Å². The van der Waals surface area contributed by atoms with Gasteiger partial charge in [0.2, 0.25) is 0 Å². The van der Waals surface area contributed by atoms with Gasteiger partial charge in [-0.05, 0) is 49.4 Å². The van der Waals surface area contributed by atoms with Crippen LogP contribution in [-0.4, -0.2) is 20.3 Å². The molecule has 1 heterocycles. The van der Waals surface area contributed by atoms with Crippen LogP contribution in [-0.2, 0) is 0 Å². The Morgan fingerprint density at radius 3 is 2.45 bits per heavy atom. The molecule has 3 heteroatoms. The van der Waals surface area contributed by atoms with Crippen molar-refractivity contribution in [2.24, 2.45) is 11.8 Å². The molecular weight excluding hydrogens is 250 g/mol. The lowest BCUT2D eigenvalue weighted by Gasteiger charge is -2.33. The molecule has 20 heavy (non-hydrogen) atoms. The number of nitrogens with one attached hydrogen (secondary N) is 1. The van der Waals surface area contributed by atoms with E-state index >= 15 is 0 Å². The van der Waals surface area contributed by atoms with Gasteiger partial charge in [-0.1, -0.05) is 25.8 Å². The topological polar surface area (TPSA) is 30.5 Å². The molecule has 1 aliphatic carbocycles. The van der Waals surface area contributed by atoms with Gasteiger partial charge >= 0.3 is 0 Å². The number of ether oxygens (including phenoxy) is 2. The van der Waals surface area contributed by atoms with Crippen molar-refractivity contribution in [3.05, 3.63) is 23.8 Å². The van der Waals surface area contributed by atoms with Gasteiger partial charge in [0.05, 0.1) is 0 Å². The predicted molar refractivity (Wildman–Crippen MR) is 80.4 cm³/mol. The van der Waals surface area contributed by atoms with Crippen molar-refractivity contribution in [1.29, 1.82) is 0 Å². The summed E-state index contributed by atoms with van der Waals surface area (Å²) in [6.07, 6.45) is 5.35. The lowest BCUT2D eigenvalue weighted by Crippen LogP contribution is -2.28. The van der Waals surface area contributed by atoms with Crippen LogP contribution in [0.1, 0.15) is 44.2 Å². The number of hydrogen-bond donors (Lipinski definition) is 1. The van der Waals surface area contributed by atoms with Gasteiger partial charge in [0.1, 0.15) is 13.2 Å². The molecule has 1 unspecified atom stereocenters. The van der Waals surface area contributed by atoms with Gasteiger partial charge in [0.15, 0.2) is 11.5 Å². The molecule has 0 spiro atoms.